The molecular weight excluding hydrogens is 178 g/mol. The van der Waals surface area contributed by atoms with E-state index < -0.39 is 12.1 Å². The second-order valence-corrected chi connectivity index (χ2v) is 2.90. The van der Waals surface area contributed by atoms with Crippen molar-refractivity contribution in [2.24, 2.45) is 0 Å². The zero-order valence-electron chi connectivity index (χ0n) is 7.90. The molecule has 0 fully saturated rings. The van der Waals surface area contributed by atoms with Crippen molar-refractivity contribution in [1.82, 2.24) is 5.32 Å². The van der Waals surface area contributed by atoms with Gasteiger partial charge in [-0.1, -0.05) is 30.3 Å². The van der Waals surface area contributed by atoms with E-state index in [0.717, 1.165) is 5.56 Å². The van der Waals surface area contributed by atoms with E-state index in [4.69, 9.17) is 4.74 Å². The zero-order chi connectivity index (χ0) is 10.4. The van der Waals surface area contributed by atoms with Crippen molar-refractivity contribution in [2.45, 2.75) is 12.6 Å². The summed E-state index contributed by atoms with van der Waals surface area (Å²) in [7, 11) is 0. The summed E-state index contributed by atoms with van der Waals surface area (Å²) in [5.41, 5.74) is 0.951. The summed E-state index contributed by atoms with van der Waals surface area (Å²) in [5, 5.41) is 2.43. The summed E-state index contributed by atoms with van der Waals surface area (Å²) >= 11 is 0. The summed E-state index contributed by atoms with van der Waals surface area (Å²) in [6.45, 7) is 7.28. The number of alkyl carbamates (subject to hydrolysis) is 1. The van der Waals surface area contributed by atoms with Crippen LogP contribution in [0.4, 0.5) is 4.79 Å². The summed E-state index contributed by atoms with van der Waals surface area (Å²) in [6.07, 6.45) is -0.496. The molecule has 0 aromatic heterocycles. The maximum Gasteiger partial charge on any atom is 0.407 e. The highest BCUT2D eigenvalue weighted by Crippen LogP contribution is 2.00. The Bertz CT molecular complexity index is 283. The van der Waals surface area contributed by atoms with E-state index in [2.05, 4.69) is 19.2 Å². The van der Waals surface area contributed by atoms with Gasteiger partial charge >= 0.3 is 6.09 Å². The van der Waals surface area contributed by atoms with Gasteiger partial charge in [-0.3, -0.25) is 0 Å². The molecule has 0 atom stereocenters. The van der Waals surface area contributed by atoms with Gasteiger partial charge in [-0.15, -0.1) is 0 Å². The lowest BCUT2D eigenvalue weighted by atomic mass is 10.2. The molecule has 1 N–H and O–H groups in total. The molecule has 3 nitrogen and oxygen atoms in total. The van der Waals surface area contributed by atoms with Crippen molar-refractivity contribution in [1.29, 1.82) is 0 Å². The second kappa shape index (κ2) is 5.27. The van der Waals surface area contributed by atoms with Crippen molar-refractivity contribution in [3.8, 4) is 0 Å². The Morgan fingerprint density at radius 2 is 2.00 bits per heavy atom. The summed E-state index contributed by atoms with van der Waals surface area (Å²) in [6, 6.07) is 9.08. The molecule has 0 saturated heterocycles. The van der Waals surface area contributed by atoms with Crippen molar-refractivity contribution in [3.05, 3.63) is 49.7 Å². The molecule has 1 aromatic rings. The SMILES string of the molecule is [CH2]C([CH2])NC(=O)OCc1ccccc1. The van der Waals surface area contributed by atoms with Crippen LogP contribution in [-0.2, 0) is 11.3 Å². The van der Waals surface area contributed by atoms with E-state index in [1.807, 2.05) is 30.3 Å². The Labute approximate surface area is 84.1 Å². The number of benzene rings is 1. The highest BCUT2D eigenvalue weighted by molar-refractivity contribution is 5.67. The van der Waals surface area contributed by atoms with E-state index in [0.29, 0.717) is 0 Å². The van der Waals surface area contributed by atoms with Crippen LogP contribution in [0.5, 0.6) is 0 Å². The average molecular weight is 191 g/mol. The van der Waals surface area contributed by atoms with Crippen LogP contribution in [0.25, 0.3) is 0 Å². The molecule has 3 heteroatoms. The van der Waals surface area contributed by atoms with Gasteiger partial charge in [-0.05, 0) is 19.4 Å². The van der Waals surface area contributed by atoms with Crippen LogP contribution >= 0.6 is 0 Å². The molecule has 74 valence electrons. The van der Waals surface area contributed by atoms with E-state index in [-0.39, 0.29) is 6.61 Å². The van der Waals surface area contributed by atoms with E-state index in [1.54, 1.807) is 0 Å². The smallest absolute Gasteiger partial charge is 0.407 e. The first-order chi connectivity index (χ1) is 6.68. The largest absolute Gasteiger partial charge is 0.445 e. The fourth-order valence-corrected chi connectivity index (χ4v) is 0.931. The van der Waals surface area contributed by atoms with Crippen LogP contribution in [0, 0.1) is 13.8 Å². The molecule has 0 aliphatic carbocycles. The van der Waals surface area contributed by atoms with E-state index in [9.17, 15) is 4.79 Å². The van der Waals surface area contributed by atoms with E-state index >= 15 is 0 Å². The number of ether oxygens (including phenoxy) is 1. The first-order valence-electron chi connectivity index (χ1n) is 4.32. The number of amides is 1. The van der Waals surface area contributed by atoms with Crippen LogP contribution in [0.3, 0.4) is 0 Å². The molecule has 1 amide bonds. The van der Waals surface area contributed by atoms with Gasteiger partial charge in [0.1, 0.15) is 6.61 Å². The summed E-state index contributed by atoms with van der Waals surface area (Å²) in [5.74, 6) is 0. The summed E-state index contributed by atoms with van der Waals surface area (Å²) in [4.78, 5) is 11.0. The quantitative estimate of drug-likeness (QED) is 0.793. The van der Waals surface area contributed by atoms with E-state index in [1.165, 1.54) is 0 Å². The Morgan fingerprint density at radius 1 is 1.36 bits per heavy atom. The van der Waals surface area contributed by atoms with Crippen LogP contribution in [-0.4, -0.2) is 12.1 Å². The lowest BCUT2D eigenvalue weighted by Crippen LogP contribution is -2.30. The Balaban J connectivity index is 2.31. The van der Waals surface area contributed by atoms with Crippen molar-refractivity contribution >= 4 is 6.09 Å². The first-order valence-corrected chi connectivity index (χ1v) is 4.32. The molecule has 14 heavy (non-hydrogen) atoms. The molecule has 0 unspecified atom stereocenters. The lowest BCUT2D eigenvalue weighted by molar-refractivity contribution is 0.139. The lowest BCUT2D eigenvalue weighted by Gasteiger charge is -2.08. The molecule has 0 bridgehead atoms. The molecule has 1 rings (SSSR count). The number of rotatable bonds is 3. The zero-order valence-corrected chi connectivity index (χ0v) is 7.90. The maximum atomic E-state index is 11.0. The molecule has 0 aliphatic rings. The first kappa shape index (κ1) is 10.6. The fraction of sp³-hybridized carbons (Fsp3) is 0.182. The van der Waals surface area contributed by atoms with Gasteiger partial charge in [0.05, 0.1) is 0 Å². The predicted octanol–water partition coefficient (Wildman–Crippen LogP) is 1.95. The third-order valence-corrected chi connectivity index (χ3v) is 1.53. The number of carbonyl (C=O) groups excluding carboxylic acids is 1. The fourth-order valence-electron chi connectivity index (χ4n) is 0.931. The highest BCUT2D eigenvalue weighted by Gasteiger charge is 2.03. The van der Waals surface area contributed by atoms with Crippen molar-refractivity contribution in [2.75, 3.05) is 0 Å². The second-order valence-electron chi connectivity index (χ2n) is 2.90. The van der Waals surface area contributed by atoms with Crippen molar-refractivity contribution in [3.63, 3.8) is 0 Å². The van der Waals surface area contributed by atoms with Crippen LogP contribution < -0.4 is 5.32 Å². The normalized spacial score (nSPS) is 9.93. The number of nitrogens with one attached hydrogen (secondary N) is 1. The third kappa shape index (κ3) is 3.94. The maximum absolute atomic E-state index is 11.0. The van der Waals surface area contributed by atoms with Gasteiger partial charge in [-0.2, -0.15) is 0 Å². The van der Waals surface area contributed by atoms with Gasteiger partial charge in [0, 0.05) is 6.04 Å². The topological polar surface area (TPSA) is 38.3 Å². The highest BCUT2D eigenvalue weighted by atomic mass is 16.5. The minimum absolute atomic E-state index is 0.263. The van der Waals surface area contributed by atoms with Crippen LogP contribution in [0.2, 0.25) is 0 Å². The molecule has 0 spiro atoms. The molecule has 1 aromatic carbocycles. The van der Waals surface area contributed by atoms with Gasteiger partial charge < -0.3 is 10.1 Å². The molecule has 0 aliphatic heterocycles. The monoisotopic (exact) mass is 191 g/mol. The standard InChI is InChI=1S/C11H13NO2/c1-9(2)12-11(13)14-8-10-6-4-3-5-7-10/h3-7,9H,1-2,8H2,(H,12,13). The molecule has 2 radical (unpaired) electrons. The minimum Gasteiger partial charge on any atom is -0.445 e. The minimum atomic E-state index is -0.496. The average Bonchev–Trinajstić information content (AvgIpc) is 2.15. The van der Waals surface area contributed by atoms with Crippen LogP contribution in [0.15, 0.2) is 30.3 Å². The van der Waals surface area contributed by atoms with Gasteiger partial charge in [-0.25, -0.2) is 4.79 Å². The Morgan fingerprint density at radius 3 is 2.57 bits per heavy atom. The predicted molar refractivity (Wildman–Crippen MR) is 54.3 cm³/mol. The third-order valence-electron chi connectivity index (χ3n) is 1.53. The Kier molecular flexibility index (Phi) is 3.98. The molecule has 0 saturated carbocycles. The number of hydrogen-bond donors (Lipinski definition) is 1. The van der Waals surface area contributed by atoms with Gasteiger partial charge in [0.2, 0.25) is 0 Å². The van der Waals surface area contributed by atoms with Crippen LogP contribution in [0.1, 0.15) is 5.56 Å². The molecular formula is C11H13NO2. The number of carbonyl (C=O) groups is 1. The van der Waals surface area contributed by atoms with Crippen molar-refractivity contribution < 1.29 is 9.53 Å². The summed E-state index contributed by atoms with van der Waals surface area (Å²) < 4.78 is 4.91. The van der Waals surface area contributed by atoms with Gasteiger partial charge in [0.25, 0.3) is 0 Å². The number of hydrogen-bond acceptors (Lipinski definition) is 2. The van der Waals surface area contributed by atoms with Gasteiger partial charge in [0.15, 0.2) is 0 Å². The Hall–Kier alpha value is -1.51. The molecule has 0 heterocycles.